The van der Waals surface area contributed by atoms with Crippen LogP contribution in [0.1, 0.15) is 21.5 Å². The van der Waals surface area contributed by atoms with Crippen LogP contribution in [0.25, 0.3) is 0 Å². The molecule has 0 saturated carbocycles. The number of rotatable bonds is 4. The fraction of sp³-hybridized carbons (Fsp3) is 0.143. The van der Waals surface area contributed by atoms with Crippen LogP contribution >= 0.6 is 0 Å². The van der Waals surface area contributed by atoms with Crippen LogP contribution < -0.4 is 4.72 Å². The highest BCUT2D eigenvalue weighted by atomic mass is 32.2. The molecule has 0 aliphatic carbocycles. The first kappa shape index (κ1) is 15.0. The first-order valence-corrected chi connectivity index (χ1v) is 7.58. The van der Waals surface area contributed by atoms with Gasteiger partial charge in [0, 0.05) is 6.20 Å². The maximum absolute atomic E-state index is 12.4. The third-order valence-corrected chi connectivity index (χ3v) is 4.38. The number of benzene rings is 1. The number of hydrogen-bond acceptors (Lipinski definition) is 4. The van der Waals surface area contributed by atoms with E-state index in [0.717, 1.165) is 5.56 Å². The number of aryl methyl sites for hydroxylation is 2. The molecule has 0 unspecified atom stereocenters. The van der Waals surface area contributed by atoms with E-state index in [0.29, 0.717) is 5.56 Å². The largest absolute Gasteiger partial charge is 0.478 e. The average molecular weight is 306 g/mol. The van der Waals surface area contributed by atoms with Crippen LogP contribution in [0, 0.1) is 13.8 Å². The molecule has 0 aliphatic heterocycles. The van der Waals surface area contributed by atoms with Gasteiger partial charge in [0.2, 0.25) is 0 Å². The van der Waals surface area contributed by atoms with Crippen molar-refractivity contribution in [3.63, 3.8) is 0 Å². The van der Waals surface area contributed by atoms with Crippen LogP contribution in [0.5, 0.6) is 0 Å². The summed E-state index contributed by atoms with van der Waals surface area (Å²) in [4.78, 5) is 15.0. The second-order valence-electron chi connectivity index (χ2n) is 4.58. The molecule has 0 spiro atoms. The summed E-state index contributed by atoms with van der Waals surface area (Å²) in [7, 11) is -3.90. The molecule has 0 radical (unpaired) electrons. The van der Waals surface area contributed by atoms with Crippen LogP contribution in [0.4, 0.5) is 5.82 Å². The van der Waals surface area contributed by atoms with Crippen molar-refractivity contribution in [3.05, 3.63) is 53.2 Å². The van der Waals surface area contributed by atoms with E-state index in [2.05, 4.69) is 9.71 Å². The van der Waals surface area contributed by atoms with Crippen LogP contribution in [0.3, 0.4) is 0 Å². The van der Waals surface area contributed by atoms with E-state index in [1.807, 2.05) is 0 Å². The van der Waals surface area contributed by atoms with Crippen molar-refractivity contribution in [1.29, 1.82) is 0 Å². The van der Waals surface area contributed by atoms with Gasteiger partial charge in [0.25, 0.3) is 10.0 Å². The van der Waals surface area contributed by atoms with Crippen molar-refractivity contribution < 1.29 is 18.3 Å². The Hall–Kier alpha value is -2.41. The fourth-order valence-electron chi connectivity index (χ4n) is 1.84. The maximum Gasteiger partial charge on any atom is 0.339 e. The van der Waals surface area contributed by atoms with Crippen molar-refractivity contribution in [2.75, 3.05) is 4.72 Å². The van der Waals surface area contributed by atoms with E-state index in [4.69, 9.17) is 5.11 Å². The summed E-state index contributed by atoms with van der Waals surface area (Å²) >= 11 is 0. The van der Waals surface area contributed by atoms with Gasteiger partial charge in [-0.15, -0.1) is 0 Å². The lowest BCUT2D eigenvalue weighted by Crippen LogP contribution is -2.17. The standard InChI is InChI=1S/C14H14N2O4S/c1-9-5-6-10(2)12(8-9)21(19,20)16-13-11(14(17)18)4-3-7-15-13/h3-8H,1-2H3,(H,15,16)(H,17,18). The smallest absolute Gasteiger partial charge is 0.339 e. The van der Waals surface area contributed by atoms with Gasteiger partial charge in [-0.2, -0.15) is 0 Å². The Morgan fingerprint density at radius 3 is 2.62 bits per heavy atom. The number of anilines is 1. The Kier molecular flexibility index (Phi) is 3.95. The quantitative estimate of drug-likeness (QED) is 0.902. The number of carboxylic acids is 1. The Morgan fingerprint density at radius 2 is 1.95 bits per heavy atom. The molecule has 110 valence electrons. The molecule has 2 aromatic rings. The molecule has 1 aromatic heterocycles. The number of carboxylic acid groups (broad SMARTS) is 1. The van der Waals surface area contributed by atoms with Gasteiger partial charge < -0.3 is 5.11 Å². The summed E-state index contributed by atoms with van der Waals surface area (Å²) in [6, 6.07) is 7.74. The minimum atomic E-state index is -3.90. The molecule has 0 atom stereocenters. The van der Waals surface area contributed by atoms with Crippen LogP contribution in [0.2, 0.25) is 0 Å². The van der Waals surface area contributed by atoms with Gasteiger partial charge in [-0.25, -0.2) is 18.2 Å². The number of nitrogens with zero attached hydrogens (tertiary/aromatic N) is 1. The Balaban J connectivity index is 2.48. The highest BCUT2D eigenvalue weighted by molar-refractivity contribution is 7.92. The van der Waals surface area contributed by atoms with E-state index < -0.39 is 16.0 Å². The minimum absolute atomic E-state index is 0.101. The lowest BCUT2D eigenvalue weighted by Gasteiger charge is -2.11. The van der Waals surface area contributed by atoms with Crippen molar-refractivity contribution in [2.45, 2.75) is 18.7 Å². The third-order valence-electron chi connectivity index (χ3n) is 2.90. The highest BCUT2D eigenvalue weighted by Gasteiger charge is 2.21. The molecular formula is C14H14N2O4S. The van der Waals surface area contributed by atoms with Crippen LogP contribution in [-0.2, 0) is 10.0 Å². The zero-order chi connectivity index (χ0) is 15.6. The molecule has 2 rings (SSSR count). The van der Waals surface area contributed by atoms with E-state index >= 15 is 0 Å². The van der Waals surface area contributed by atoms with Gasteiger partial charge in [-0.3, -0.25) is 4.72 Å². The number of aromatic carboxylic acids is 1. The molecule has 0 aliphatic rings. The number of pyridine rings is 1. The van der Waals surface area contributed by atoms with Gasteiger partial charge in [-0.05, 0) is 43.2 Å². The summed E-state index contributed by atoms with van der Waals surface area (Å²) in [6.07, 6.45) is 1.33. The van der Waals surface area contributed by atoms with E-state index in [1.165, 1.54) is 24.4 Å². The lowest BCUT2D eigenvalue weighted by atomic mass is 10.2. The monoisotopic (exact) mass is 306 g/mol. The third kappa shape index (κ3) is 3.19. The van der Waals surface area contributed by atoms with E-state index in [9.17, 15) is 13.2 Å². The van der Waals surface area contributed by atoms with Crippen molar-refractivity contribution in [3.8, 4) is 0 Å². The summed E-state index contributed by atoms with van der Waals surface area (Å²) in [5, 5.41) is 9.06. The van der Waals surface area contributed by atoms with Crippen molar-refractivity contribution in [2.24, 2.45) is 0 Å². The first-order chi connectivity index (χ1) is 9.81. The fourth-order valence-corrected chi connectivity index (χ4v) is 3.20. The Bertz CT molecular complexity index is 800. The molecule has 21 heavy (non-hydrogen) atoms. The molecule has 0 amide bonds. The predicted molar refractivity (Wildman–Crippen MR) is 77.9 cm³/mol. The van der Waals surface area contributed by atoms with Gasteiger partial charge >= 0.3 is 5.97 Å². The molecule has 7 heteroatoms. The molecule has 0 bridgehead atoms. The molecule has 1 heterocycles. The van der Waals surface area contributed by atoms with E-state index in [1.54, 1.807) is 26.0 Å². The normalized spacial score (nSPS) is 11.1. The van der Waals surface area contributed by atoms with Gasteiger partial charge in [0.1, 0.15) is 5.56 Å². The Labute approximate surface area is 122 Å². The number of aromatic nitrogens is 1. The van der Waals surface area contributed by atoms with Crippen LogP contribution in [-0.4, -0.2) is 24.5 Å². The highest BCUT2D eigenvalue weighted by Crippen LogP contribution is 2.21. The predicted octanol–water partition coefficient (Wildman–Crippen LogP) is 2.20. The second-order valence-corrected chi connectivity index (χ2v) is 6.23. The maximum atomic E-state index is 12.4. The number of nitrogens with one attached hydrogen (secondary N) is 1. The molecular weight excluding hydrogens is 292 g/mol. The molecule has 0 fully saturated rings. The topological polar surface area (TPSA) is 96.4 Å². The lowest BCUT2D eigenvalue weighted by molar-refractivity contribution is 0.0697. The number of sulfonamides is 1. The van der Waals surface area contributed by atoms with Crippen molar-refractivity contribution in [1.82, 2.24) is 4.98 Å². The number of carbonyl (C=O) groups is 1. The molecule has 6 nitrogen and oxygen atoms in total. The second kappa shape index (κ2) is 5.53. The summed E-state index contributed by atoms with van der Waals surface area (Å²) < 4.78 is 27.0. The summed E-state index contributed by atoms with van der Waals surface area (Å²) in [5.74, 6) is -1.45. The average Bonchev–Trinajstić information content (AvgIpc) is 2.41. The Morgan fingerprint density at radius 1 is 1.24 bits per heavy atom. The number of hydrogen-bond donors (Lipinski definition) is 2. The molecule has 0 saturated heterocycles. The zero-order valence-electron chi connectivity index (χ0n) is 11.5. The first-order valence-electron chi connectivity index (χ1n) is 6.09. The van der Waals surface area contributed by atoms with Crippen LogP contribution in [0.15, 0.2) is 41.4 Å². The van der Waals surface area contributed by atoms with Gasteiger partial charge in [0.15, 0.2) is 5.82 Å². The molecule has 2 N–H and O–H groups in total. The van der Waals surface area contributed by atoms with Gasteiger partial charge in [-0.1, -0.05) is 12.1 Å². The zero-order valence-corrected chi connectivity index (χ0v) is 12.3. The molecule has 1 aromatic carbocycles. The van der Waals surface area contributed by atoms with E-state index in [-0.39, 0.29) is 16.3 Å². The summed E-state index contributed by atoms with van der Waals surface area (Å²) in [5.41, 5.74) is 1.16. The summed E-state index contributed by atoms with van der Waals surface area (Å²) in [6.45, 7) is 3.45. The SMILES string of the molecule is Cc1ccc(C)c(S(=O)(=O)Nc2ncccc2C(=O)O)c1. The van der Waals surface area contributed by atoms with Crippen molar-refractivity contribution >= 4 is 21.8 Å². The minimum Gasteiger partial charge on any atom is -0.478 e. The van der Waals surface area contributed by atoms with Gasteiger partial charge in [0.05, 0.1) is 4.90 Å².